The molecule has 15 heavy (non-hydrogen) atoms. The van der Waals surface area contributed by atoms with Crippen molar-refractivity contribution >= 4 is 5.91 Å². The zero-order valence-corrected chi connectivity index (χ0v) is 8.45. The van der Waals surface area contributed by atoms with Crippen molar-refractivity contribution in [2.24, 2.45) is 0 Å². The summed E-state index contributed by atoms with van der Waals surface area (Å²) < 4.78 is 13.3. The maximum Gasteiger partial charge on any atom is 0.257 e. The van der Waals surface area contributed by atoms with Gasteiger partial charge in [-0.15, -0.1) is 0 Å². The van der Waals surface area contributed by atoms with Crippen LogP contribution in [0.2, 0.25) is 0 Å². The summed E-state index contributed by atoms with van der Waals surface area (Å²) in [7, 11) is 0. The molecule has 0 atom stereocenters. The van der Waals surface area contributed by atoms with Crippen molar-refractivity contribution in [2.45, 2.75) is 0 Å². The summed E-state index contributed by atoms with van der Waals surface area (Å²) in [5.41, 5.74) is 0.180. The predicted octanol–water partition coefficient (Wildman–Crippen LogP) is -0.155. The normalized spacial score (nSPS) is 16.5. The van der Waals surface area contributed by atoms with Crippen LogP contribution in [0.3, 0.4) is 0 Å². The van der Waals surface area contributed by atoms with Crippen molar-refractivity contribution in [3.8, 4) is 0 Å². The number of hydrogen-bond donors (Lipinski definition) is 1. The lowest BCUT2D eigenvalue weighted by atomic mass is 10.1. The molecule has 1 aromatic rings. The van der Waals surface area contributed by atoms with Gasteiger partial charge in [-0.1, -0.05) is 12.1 Å². The van der Waals surface area contributed by atoms with E-state index < -0.39 is 5.82 Å². The molecule has 1 amide bonds. The molecule has 1 fully saturated rings. The topological polar surface area (TPSA) is 36.9 Å². The van der Waals surface area contributed by atoms with E-state index in [-0.39, 0.29) is 11.5 Å². The second-order valence-electron chi connectivity index (χ2n) is 3.64. The van der Waals surface area contributed by atoms with Crippen LogP contribution < -0.4 is 5.32 Å². The molecule has 1 saturated heterocycles. The number of carbonyl (C=O) groups is 1. The molecular weight excluding hydrogens is 195 g/mol. The number of piperazine rings is 1. The molecule has 80 valence electrons. The average Bonchev–Trinajstić information content (AvgIpc) is 2.30. The second-order valence-corrected chi connectivity index (χ2v) is 3.64. The first kappa shape index (κ1) is 10.1. The van der Waals surface area contributed by atoms with Gasteiger partial charge < -0.3 is 10.2 Å². The summed E-state index contributed by atoms with van der Waals surface area (Å²) in [6.45, 7) is 3.21. The highest BCUT2D eigenvalue weighted by atomic mass is 19.1. The van der Waals surface area contributed by atoms with Crippen molar-refractivity contribution in [3.05, 3.63) is 35.6 Å². The molecule has 1 aliphatic heterocycles. The summed E-state index contributed by atoms with van der Waals surface area (Å²) in [4.78, 5) is 13.6. The number of quaternary nitrogens is 1. The Hall–Kier alpha value is -1.42. The lowest BCUT2D eigenvalue weighted by Gasteiger charge is -2.25. The number of benzene rings is 1. The van der Waals surface area contributed by atoms with E-state index in [0.717, 1.165) is 13.1 Å². The second kappa shape index (κ2) is 4.40. The number of nitrogens with two attached hydrogens (primary N) is 1. The Morgan fingerprint density at radius 1 is 1.27 bits per heavy atom. The van der Waals surface area contributed by atoms with Crippen molar-refractivity contribution in [3.63, 3.8) is 0 Å². The molecule has 1 heterocycles. The smallest absolute Gasteiger partial charge is 0.257 e. The van der Waals surface area contributed by atoms with Crippen LogP contribution in [0.5, 0.6) is 0 Å². The molecule has 4 heteroatoms. The van der Waals surface area contributed by atoms with Gasteiger partial charge in [-0.05, 0) is 12.1 Å². The van der Waals surface area contributed by atoms with Crippen molar-refractivity contribution in [2.75, 3.05) is 26.2 Å². The quantitative estimate of drug-likeness (QED) is 0.686. The van der Waals surface area contributed by atoms with Gasteiger partial charge in [-0.3, -0.25) is 4.79 Å². The van der Waals surface area contributed by atoms with E-state index in [1.807, 2.05) is 0 Å². The fourth-order valence-corrected chi connectivity index (χ4v) is 1.76. The van der Waals surface area contributed by atoms with E-state index in [0.29, 0.717) is 13.1 Å². The maximum absolute atomic E-state index is 13.3. The van der Waals surface area contributed by atoms with E-state index >= 15 is 0 Å². The van der Waals surface area contributed by atoms with Crippen LogP contribution in [0.4, 0.5) is 4.39 Å². The minimum Gasteiger partial charge on any atom is -0.343 e. The van der Waals surface area contributed by atoms with Crippen molar-refractivity contribution in [1.29, 1.82) is 0 Å². The monoisotopic (exact) mass is 209 g/mol. The Bertz CT molecular complexity index is 361. The number of rotatable bonds is 1. The highest BCUT2D eigenvalue weighted by Crippen LogP contribution is 2.09. The Morgan fingerprint density at radius 2 is 1.93 bits per heavy atom. The van der Waals surface area contributed by atoms with Gasteiger partial charge in [0.15, 0.2) is 0 Å². The number of halogens is 1. The number of hydrogen-bond acceptors (Lipinski definition) is 1. The van der Waals surface area contributed by atoms with Crippen LogP contribution in [0, 0.1) is 5.82 Å². The summed E-state index contributed by atoms with van der Waals surface area (Å²) in [5.74, 6) is -0.627. The Balaban J connectivity index is 2.16. The first-order valence-electron chi connectivity index (χ1n) is 5.14. The fourth-order valence-electron chi connectivity index (χ4n) is 1.76. The molecule has 1 aromatic carbocycles. The van der Waals surface area contributed by atoms with Gasteiger partial charge in [0.1, 0.15) is 5.82 Å². The summed E-state index contributed by atoms with van der Waals surface area (Å²) in [6.07, 6.45) is 0. The van der Waals surface area contributed by atoms with Crippen LogP contribution in [-0.4, -0.2) is 37.0 Å². The predicted molar refractivity (Wildman–Crippen MR) is 54.0 cm³/mol. The van der Waals surface area contributed by atoms with Crippen LogP contribution in [0.1, 0.15) is 10.4 Å². The van der Waals surface area contributed by atoms with Crippen molar-refractivity contribution < 1.29 is 14.5 Å². The Kier molecular flexibility index (Phi) is 2.97. The van der Waals surface area contributed by atoms with Gasteiger partial charge in [0.2, 0.25) is 0 Å². The minimum absolute atomic E-state index is 0.180. The first-order valence-corrected chi connectivity index (χ1v) is 5.14. The standard InChI is InChI=1S/C11H13FN2O/c12-10-4-2-1-3-9(10)11(15)14-7-5-13-6-8-14/h1-4,13H,5-8H2/p+1. The zero-order chi connectivity index (χ0) is 10.7. The molecule has 3 nitrogen and oxygen atoms in total. The summed E-state index contributed by atoms with van der Waals surface area (Å²) >= 11 is 0. The van der Waals surface area contributed by atoms with Crippen LogP contribution in [-0.2, 0) is 0 Å². The van der Waals surface area contributed by atoms with E-state index in [1.165, 1.54) is 12.1 Å². The van der Waals surface area contributed by atoms with Gasteiger partial charge >= 0.3 is 0 Å². The molecule has 0 bridgehead atoms. The van der Waals surface area contributed by atoms with Gasteiger partial charge in [0.05, 0.1) is 31.7 Å². The van der Waals surface area contributed by atoms with Crippen LogP contribution in [0.25, 0.3) is 0 Å². The highest BCUT2D eigenvalue weighted by Gasteiger charge is 2.21. The Morgan fingerprint density at radius 3 is 2.60 bits per heavy atom. The van der Waals surface area contributed by atoms with E-state index in [4.69, 9.17) is 0 Å². The lowest BCUT2D eigenvalue weighted by molar-refractivity contribution is -0.661. The molecule has 0 aromatic heterocycles. The molecular formula is C11H14FN2O+. The van der Waals surface area contributed by atoms with Gasteiger partial charge in [-0.2, -0.15) is 0 Å². The summed E-state index contributed by atoms with van der Waals surface area (Å²) in [6, 6.07) is 6.14. The maximum atomic E-state index is 13.3. The molecule has 1 aliphatic rings. The number of nitrogens with zero attached hydrogens (tertiary/aromatic N) is 1. The minimum atomic E-state index is -0.433. The third-order valence-corrected chi connectivity index (χ3v) is 2.60. The van der Waals surface area contributed by atoms with Gasteiger partial charge in [0.25, 0.3) is 5.91 Å². The third kappa shape index (κ3) is 2.15. The van der Waals surface area contributed by atoms with Gasteiger partial charge in [-0.25, -0.2) is 4.39 Å². The van der Waals surface area contributed by atoms with Crippen LogP contribution in [0.15, 0.2) is 24.3 Å². The summed E-state index contributed by atoms with van der Waals surface area (Å²) in [5, 5.41) is 2.16. The molecule has 0 aliphatic carbocycles. The molecule has 0 radical (unpaired) electrons. The van der Waals surface area contributed by atoms with Crippen LogP contribution >= 0.6 is 0 Å². The molecule has 0 saturated carbocycles. The van der Waals surface area contributed by atoms with E-state index in [2.05, 4.69) is 5.32 Å². The largest absolute Gasteiger partial charge is 0.343 e. The third-order valence-electron chi connectivity index (χ3n) is 2.60. The number of amides is 1. The number of carbonyl (C=O) groups excluding carboxylic acids is 1. The average molecular weight is 209 g/mol. The lowest BCUT2D eigenvalue weighted by Crippen LogP contribution is -2.89. The molecule has 2 rings (SSSR count). The molecule has 0 unspecified atom stereocenters. The van der Waals surface area contributed by atoms with E-state index in [1.54, 1.807) is 17.0 Å². The zero-order valence-electron chi connectivity index (χ0n) is 8.45. The fraction of sp³-hybridized carbons (Fsp3) is 0.364. The van der Waals surface area contributed by atoms with Crippen molar-refractivity contribution in [1.82, 2.24) is 4.90 Å². The SMILES string of the molecule is O=C(c1ccccc1F)N1CC[NH2+]CC1. The Labute approximate surface area is 87.9 Å². The van der Waals surface area contributed by atoms with E-state index in [9.17, 15) is 9.18 Å². The molecule has 0 spiro atoms. The van der Waals surface area contributed by atoms with Gasteiger partial charge in [0, 0.05) is 0 Å². The molecule has 2 N–H and O–H groups in total. The first-order chi connectivity index (χ1) is 7.29. The highest BCUT2D eigenvalue weighted by molar-refractivity contribution is 5.94.